The third kappa shape index (κ3) is 5.04. The van der Waals surface area contributed by atoms with Crippen LogP contribution in [0.2, 0.25) is 0 Å². The number of benzene rings is 1. The topological polar surface area (TPSA) is 54.5 Å². The second kappa shape index (κ2) is 8.80. The highest BCUT2D eigenvalue weighted by Crippen LogP contribution is 2.23. The molecule has 0 saturated carbocycles. The minimum atomic E-state index is -0.0549. The van der Waals surface area contributed by atoms with E-state index in [2.05, 4.69) is 34.4 Å². The maximum atomic E-state index is 12.3. The quantitative estimate of drug-likeness (QED) is 0.790. The molecule has 5 nitrogen and oxygen atoms in total. The van der Waals surface area contributed by atoms with Crippen LogP contribution in [0.4, 0.5) is 5.69 Å². The summed E-state index contributed by atoms with van der Waals surface area (Å²) in [7, 11) is 1.60. The van der Waals surface area contributed by atoms with Crippen molar-refractivity contribution in [1.82, 2.24) is 9.88 Å². The zero-order valence-electron chi connectivity index (χ0n) is 14.7. The van der Waals surface area contributed by atoms with Crippen LogP contribution in [0.5, 0.6) is 5.75 Å². The van der Waals surface area contributed by atoms with Crippen LogP contribution >= 0.6 is 11.3 Å². The summed E-state index contributed by atoms with van der Waals surface area (Å²) in [5.41, 5.74) is 1.72. The lowest BCUT2D eigenvalue weighted by atomic mass is 10.2. The van der Waals surface area contributed by atoms with Crippen molar-refractivity contribution in [3.05, 3.63) is 40.3 Å². The van der Waals surface area contributed by atoms with Gasteiger partial charge in [-0.2, -0.15) is 0 Å². The van der Waals surface area contributed by atoms with Gasteiger partial charge in [-0.05, 0) is 18.7 Å². The summed E-state index contributed by atoms with van der Waals surface area (Å²) >= 11 is 1.68. The molecule has 0 aliphatic rings. The Labute approximate surface area is 147 Å². The zero-order chi connectivity index (χ0) is 17.5. The largest absolute Gasteiger partial charge is 0.495 e. The number of methoxy groups -OCH3 is 1. The second-order valence-corrected chi connectivity index (χ2v) is 6.77. The number of aromatic nitrogens is 1. The Kier molecular flexibility index (Phi) is 6.75. The third-order valence-electron chi connectivity index (χ3n) is 3.64. The summed E-state index contributed by atoms with van der Waals surface area (Å²) < 4.78 is 5.26. The fourth-order valence-electron chi connectivity index (χ4n) is 2.31. The van der Waals surface area contributed by atoms with Crippen LogP contribution in [-0.4, -0.2) is 36.0 Å². The lowest BCUT2D eigenvalue weighted by molar-refractivity contribution is -0.117. The van der Waals surface area contributed by atoms with E-state index in [4.69, 9.17) is 4.74 Å². The lowest BCUT2D eigenvalue weighted by Gasteiger charge is -2.19. The molecule has 0 unspecified atom stereocenters. The molecular weight excluding hydrogens is 322 g/mol. The van der Waals surface area contributed by atoms with Gasteiger partial charge in [0.05, 0.1) is 30.0 Å². The molecule has 0 atom stereocenters. The molecule has 24 heavy (non-hydrogen) atoms. The molecule has 1 aromatic carbocycles. The Balaban J connectivity index is 1.95. The Morgan fingerprint density at radius 1 is 1.38 bits per heavy atom. The predicted octanol–water partition coefficient (Wildman–Crippen LogP) is 3.74. The van der Waals surface area contributed by atoms with Crippen LogP contribution in [0.25, 0.3) is 0 Å². The van der Waals surface area contributed by atoms with Crippen molar-refractivity contribution in [3.8, 4) is 5.75 Å². The number of thiazole rings is 1. The number of hydrogen-bond acceptors (Lipinski definition) is 5. The van der Waals surface area contributed by atoms with Gasteiger partial charge in [0, 0.05) is 17.8 Å². The molecule has 0 aliphatic heterocycles. The Morgan fingerprint density at radius 2 is 2.12 bits per heavy atom. The van der Waals surface area contributed by atoms with Gasteiger partial charge in [-0.1, -0.05) is 32.9 Å². The number of para-hydroxylation sites is 2. The molecule has 2 rings (SSSR count). The Hall–Kier alpha value is -1.92. The van der Waals surface area contributed by atoms with E-state index in [0.717, 1.165) is 17.2 Å². The van der Waals surface area contributed by atoms with E-state index in [1.54, 1.807) is 18.4 Å². The molecule has 0 saturated heterocycles. The number of rotatable bonds is 8. The van der Waals surface area contributed by atoms with E-state index in [1.165, 1.54) is 0 Å². The van der Waals surface area contributed by atoms with Gasteiger partial charge in [0.25, 0.3) is 0 Å². The molecular formula is C18H25N3O2S. The van der Waals surface area contributed by atoms with Crippen molar-refractivity contribution >= 4 is 22.9 Å². The average Bonchev–Trinajstić information content (AvgIpc) is 3.03. The fourth-order valence-corrected chi connectivity index (χ4v) is 3.14. The van der Waals surface area contributed by atoms with Crippen LogP contribution in [-0.2, 0) is 11.3 Å². The Morgan fingerprint density at radius 3 is 2.75 bits per heavy atom. The zero-order valence-corrected chi connectivity index (χ0v) is 15.5. The first-order valence-electron chi connectivity index (χ1n) is 8.13. The number of nitrogens with zero attached hydrogens (tertiary/aromatic N) is 2. The molecule has 130 valence electrons. The van der Waals surface area contributed by atoms with E-state index < -0.39 is 0 Å². The van der Waals surface area contributed by atoms with Crippen molar-refractivity contribution in [3.63, 3.8) is 0 Å². The van der Waals surface area contributed by atoms with Crippen LogP contribution < -0.4 is 10.1 Å². The molecule has 1 N–H and O–H groups in total. The van der Waals surface area contributed by atoms with Gasteiger partial charge < -0.3 is 10.1 Å². The second-order valence-electron chi connectivity index (χ2n) is 5.88. The van der Waals surface area contributed by atoms with Gasteiger partial charge in [0.15, 0.2) is 0 Å². The molecule has 0 fully saturated rings. The summed E-state index contributed by atoms with van der Waals surface area (Å²) in [6.45, 7) is 8.12. The van der Waals surface area contributed by atoms with Crippen LogP contribution in [0, 0.1) is 0 Å². The van der Waals surface area contributed by atoms with Gasteiger partial charge in [-0.15, -0.1) is 11.3 Å². The third-order valence-corrected chi connectivity index (χ3v) is 4.84. The summed E-state index contributed by atoms with van der Waals surface area (Å²) in [4.78, 5) is 19.0. The molecule has 2 aromatic rings. The van der Waals surface area contributed by atoms with E-state index in [1.807, 2.05) is 31.2 Å². The minimum Gasteiger partial charge on any atom is -0.495 e. The van der Waals surface area contributed by atoms with E-state index in [9.17, 15) is 4.79 Å². The highest BCUT2D eigenvalue weighted by molar-refractivity contribution is 7.09. The van der Waals surface area contributed by atoms with E-state index in [-0.39, 0.29) is 5.91 Å². The van der Waals surface area contributed by atoms with Gasteiger partial charge >= 0.3 is 0 Å². The predicted molar refractivity (Wildman–Crippen MR) is 98.8 cm³/mol. The first-order valence-corrected chi connectivity index (χ1v) is 9.01. The molecule has 1 heterocycles. The van der Waals surface area contributed by atoms with Crippen molar-refractivity contribution in [2.24, 2.45) is 0 Å². The van der Waals surface area contributed by atoms with Crippen molar-refractivity contribution in [2.45, 2.75) is 33.2 Å². The van der Waals surface area contributed by atoms with E-state index in [0.29, 0.717) is 30.4 Å². The number of carbonyl (C=O) groups excluding carboxylic acids is 1. The SMILES string of the molecule is CCN(CC(=O)Nc1ccccc1OC)Cc1csc(C(C)C)n1. The molecule has 0 radical (unpaired) electrons. The summed E-state index contributed by atoms with van der Waals surface area (Å²) in [6, 6.07) is 7.41. The number of ether oxygens (including phenoxy) is 1. The monoisotopic (exact) mass is 347 g/mol. The number of nitrogens with one attached hydrogen (secondary N) is 1. The van der Waals surface area contributed by atoms with Gasteiger partial charge in [0.1, 0.15) is 5.75 Å². The van der Waals surface area contributed by atoms with E-state index >= 15 is 0 Å². The highest BCUT2D eigenvalue weighted by atomic mass is 32.1. The van der Waals surface area contributed by atoms with Crippen LogP contribution in [0.1, 0.15) is 37.4 Å². The summed E-state index contributed by atoms with van der Waals surface area (Å²) in [5.74, 6) is 1.04. The number of anilines is 1. The van der Waals surface area contributed by atoms with Crippen LogP contribution in [0.15, 0.2) is 29.6 Å². The van der Waals surface area contributed by atoms with Gasteiger partial charge in [-0.3, -0.25) is 9.69 Å². The van der Waals surface area contributed by atoms with Crippen molar-refractivity contribution < 1.29 is 9.53 Å². The standard InChI is InChI=1S/C18H25N3O2S/c1-5-21(10-14-12-24-18(19-14)13(2)3)11-17(22)20-15-8-6-7-9-16(15)23-4/h6-9,12-13H,5,10-11H2,1-4H3,(H,20,22). The van der Waals surface area contributed by atoms with Crippen LogP contribution in [0.3, 0.4) is 0 Å². The minimum absolute atomic E-state index is 0.0549. The Bertz CT molecular complexity index is 670. The van der Waals surface area contributed by atoms with Gasteiger partial charge in [-0.25, -0.2) is 4.98 Å². The smallest absolute Gasteiger partial charge is 0.238 e. The maximum Gasteiger partial charge on any atom is 0.238 e. The fraction of sp³-hybridized carbons (Fsp3) is 0.444. The first kappa shape index (κ1) is 18.4. The maximum absolute atomic E-state index is 12.3. The number of likely N-dealkylation sites (N-methyl/N-ethyl adjacent to an activating group) is 1. The molecule has 0 spiro atoms. The summed E-state index contributed by atoms with van der Waals surface area (Å²) in [5, 5.41) is 6.13. The van der Waals surface area contributed by atoms with Gasteiger partial charge in [0.2, 0.25) is 5.91 Å². The normalized spacial score (nSPS) is 11.1. The first-order chi connectivity index (χ1) is 11.5. The van der Waals surface area contributed by atoms with Crippen molar-refractivity contribution in [2.75, 3.05) is 25.5 Å². The number of hydrogen-bond donors (Lipinski definition) is 1. The molecule has 1 amide bonds. The highest BCUT2D eigenvalue weighted by Gasteiger charge is 2.14. The lowest BCUT2D eigenvalue weighted by Crippen LogP contribution is -2.33. The average molecular weight is 347 g/mol. The van der Waals surface area contributed by atoms with Crippen molar-refractivity contribution in [1.29, 1.82) is 0 Å². The summed E-state index contributed by atoms with van der Waals surface area (Å²) in [6.07, 6.45) is 0. The molecule has 0 bridgehead atoms. The molecule has 0 aliphatic carbocycles. The number of carbonyl (C=O) groups is 1. The number of amides is 1. The molecule has 6 heteroatoms. The molecule has 1 aromatic heterocycles.